The van der Waals surface area contributed by atoms with Crippen molar-refractivity contribution in [1.29, 1.82) is 5.26 Å². The Kier molecular flexibility index (Phi) is 3.37. The van der Waals surface area contributed by atoms with Crippen LogP contribution in [0.1, 0.15) is 20.3 Å². The van der Waals surface area contributed by atoms with Gasteiger partial charge in [0.15, 0.2) is 0 Å². The molecule has 1 heterocycles. The van der Waals surface area contributed by atoms with Gasteiger partial charge in [-0.05, 0) is 6.92 Å². The largest absolute Gasteiger partial charge is 0.425 e. The molecule has 0 fully saturated rings. The number of amides is 2. The molecule has 8 heteroatoms. The maximum absolute atomic E-state index is 13.1. The Morgan fingerprint density at radius 1 is 1.56 bits per heavy atom. The predicted octanol–water partition coefficient (Wildman–Crippen LogP) is 0.741. The standard InChI is InChI=1S/C10H10F3N3O2/c1-3-7(17)16-9(10(11,12)13)6(4-14)5(2)15-8(9)18/h3H2,1-2H3,(H,15,18)(H,16,17)/t9-/m0/s1. The fourth-order valence-corrected chi connectivity index (χ4v) is 1.65. The third-order valence-electron chi connectivity index (χ3n) is 2.58. The molecular formula is C10H10F3N3O2. The Morgan fingerprint density at radius 2 is 2.11 bits per heavy atom. The van der Waals surface area contributed by atoms with E-state index in [1.165, 1.54) is 19.9 Å². The highest BCUT2D eigenvalue weighted by Crippen LogP contribution is 2.40. The first kappa shape index (κ1) is 14.0. The number of nitrogens with one attached hydrogen (secondary N) is 2. The molecule has 18 heavy (non-hydrogen) atoms. The van der Waals surface area contributed by atoms with E-state index in [-0.39, 0.29) is 12.1 Å². The molecule has 0 aliphatic carbocycles. The van der Waals surface area contributed by atoms with Crippen LogP contribution in [0.3, 0.4) is 0 Å². The zero-order valence-electron chi connectivity index (χ0n) is 9.60. The summed E-state index contributed by atoms with van der Waals surface area (Å²) in [7, 11) is 0. The van der Waals surface area contributed by atoms with Crippen molar-refractivity contribution in [2.24, 2.45) is 0 Å². The first-order valence-electron chi connectivity index (χ1n) is 5.01. The number of allylic oxidation sites excluding steroid dienone is 1. The van der Waals surface area contributed by atoms with E-state index in [0.717, 1.165) is 0 Å². The van der Waals surface area contributed by atoms with Crippen molar-refractivity contribution in [3.05, 3.63) is 11.3 Å². The van der Waals surface area contributed by atoms with Gasteiger partial charge in [-0.25, -0.2) is 0 Å². The van der Waals surface area contributed by atoms with Gasteiger partial charge in [0.05, 0.1) is 11.6 Å². The molecule has 0 unspecified atom stereocenters. The summed E-state index contributed by atoms with van der Waals surface area (Å²) in [5, 5.41) is 12.3. The molecule has 0 radical (unpaired) electrons. The zero-order chi connectivity index (χ0) is 14.1. The summed E-state index contributed by atoms with van der Waals surface area (Å²) in [5.41, 5.74) is -4.32. The number of nitrogens with zero attached hydrogens (tertiary/aromatic N) is 1. The number of halogens is 3. The van der Waals surface area contributed by atoms with Crippen molar-refractivity contribution in [2.75, 3.05) is 0 Å². The van der Waals surface area contributed by atoms with E-state index >= 15 is 0 Å². The topological polar surface area (TPSA) is 82.0 Å². The van der Waals surface area contributed by atoms with E-state index in [0.29, 0.717) is 0 Å². The zero-order valence-corrected chi connectivity index (χ0v) is 9.60. The molecule has 0 aromatic heterocycles. The van der Waals surface area contributed by atoms with E-state index in [1.807, 2.05) is 5.32 Å². The van der Waals surface area contributed by atoms with Crippen molar-refractivity contribution in [3.63, 3.8) is 0 Å². The maximum Gasteiger partial charge on any atom is 0.425 e. The second-order valence-electron chi connectivity index (χ2n) is 3.72. The van der Waals surface area contributed by atoms with E-state index < -0.39 is 29.1 Å². The fraction of sp³-hybridized carbons (Fsp3) is 0.500. The average molecular weight is 261 g/mol. The van der Waals surface area contributed by atoms with Crippen molar-refractivity contribution in [1.82, 2.24) is 10.6 Å². The number of rotatable bonds is 2. The predicted molar refractivity (Wildman–Crippen MR) is 53.7 cm³/mol. The quantitative estimate of drug-likeness (QED) is 0.769. The molecule has 1 rings (SSSR count). The molecule has 2 amide bonds. The summed E-state index contributed by atoms with van der Waals surface area (Å²) < 4.78 is 39.3. The molecular weight excluding hydrogens is 251 g/mol. The van der Waals surface area contributed by atoms with Gasteiger partial charge in [-0.15, -0.1) is 0 Å². The van der Waals surface area contributed by atoms with Gasteiger partial charge in [-0.1, -0.05) is 6.92 Å². The lowest BCUT2D eigenvalue weighted by molar-refractivity contribution is -0.189. The third-order valence-corrected chi connectivity index (χ3v) is 2.58. The molecule has 1 aliphatic rings. The van der Waals surface area contributed by atoms with Crippen molar-refractivity contribution >= 4 is 11.8 Å². The van der Waals surface area contributed by atoms with Gasteiger partial charge in [0.25, 0.3) is 11.4 Å². The van der Waals surface area contributed by atoms with E-state index in [1.54, 1.807) is 5.32 Å². The van der Waals surface area contributed by atoms with E-state index in [9.17, 15) is 22.8 Å². The summed E-state index contributed by atoms with van der Waals surface area (Å²) in [6.45, 7) is 2.51. The summed E-state index contributed by atoms with van der Waals surface area (Å²) in [4.78, 5) is 22.7. The highest BCUT2D eigenvalue weighted by molar-refractivity contribution is 6.00. The van der Waals surface area contributed by atoms with Gasteiger partial charge in [-0.2, -0.15) is 18.4 Å². The molecule has 2 N–H and O–H groups in total. The number of nitriles is 1. The van der Waals surface area contributed by atoms with Crippen LogP contribution < -0.4 is 10.6 Å². The Bertz CT molecular complexity index is 476. The van der Waals surface area contributed by atoms with Crippen LogP contribution in [0.2, 0.25) is 0 Å². The molecule has 0 aromatic rings. The Morgan fingerprint density at radius 3 is 2.50 bits per heavy atom. The molecule has 0 saturated heterocycles. The number of carbonyl (C=O) groups is 2. The highest BCUT2D eigenvalue weighted by atomic mass is 19.4. The third kappa shape index (κ3) is 1.81. The lowest BCUT2D eigenvalue weighted by Crippen LogP contribution is -2.64. The molecule has 5 nitrogen and oxygen atoms in total. The second-order valence-corrected chi connectivity index (χ2v) is 3.72. The van der Waals surface area contributed by atoms with Crippen LogP contribution in [0.4, 0.5) is 13.2 Å². The van der Waals surface area contributed by atoms with E-state index in [4.69, 9.17) is 5.26 Å². The van der Waals surface area contributed by atoms with E-state index in [2.05, 4.69) is 0 Å². The van der Waals surface area contributed by atoms with Crippen molar-refractivity contribution < 1.29 is 22.8 Å². The number of carbonyl (C=O) groups excluding carboxylic acids is 2. The van der Waals surface area contributed by atoms with Crippen LogP contribution in [-0.4, -0.2) is 23.5 Å². The van der Waals surface area contributed by atoms with Gasteiger partial charge in [0, 0.05) is 12.1 Å². The minimum atomic E-state index is -5.09. The van der Waals surface area contributed by atoms with Crippen LogP contribution >= 0.6 is 0 Å². The Labute approximate surface area is 101 Å². The van der Waals surface area contributed by atoms with Crippen LogP contribution in [0.5, 0.6) is 0 Å². The minimum Gasteiger partial charge on any atom is -0.330 e. The van der Waals surface area contributed by atoms with Gasteiger partial charge < -0.3 is 10.6 Å². The molecule has 0 spiro atoms. The molecule has 1 atom stereocenters. The average Bonchev–Trinajstić information content (AvgIpc) is 2.49. The monoisotopic (exact) mass is 261 g/mol. The number of hydrogen-bond acceptors (Lipinski definition) is 3. The normalized spacial score (nSPS) is 23.7. The van der Waals surface area contributed by atoms with Gasteiger partial charge in [0.2, 0.25) is 5.91 Å². The first-order chi connectivity index (χ1) is 8.20. The van der Waals surface area contributed by atoms with Crippen LogP contribution in [0.25, 0.3) is 0 Å². The number of hydrogen-bond donors (Lipinski definition) is 2. The molecule has 0 saturated carbocycles. The van der Waals surface area contributed by atoms with Gasteiger partial charge in [0.1, 0.15) is 0 Å². The fourth-order valence-electron chi connectivity index (χ4n) is 1.65. The minimum absolute atomic E-state index is 0.212. The summed E-state index contributed by atoms with van der Waals surface area (Å²) in [5.74, 6) is -2.43. The van der Waals surface area contributed by atoms with Crippen LogP contribution in [0.15, 0.2) is 11.3 Å². The Balaban J connectivity index is 3.43. The second kappa shape index (κ2) is 4.33. The van der Waals surface area contributed by atoms with Gasteiger partial charge in [-0.3, -0.25) is 9.59 Å². The lowest BCUT2D eigenvalue weighted by Gasteiger charge is -2.30. The first-order valence-corrected chi connectivity index (χ1v) is 5.01. The summed E-state index contributed by atoms with van der Waals surface area (Å²) in [6.07, 6.45) is -5.33. The summed E-state index contributed by atoms with van der Waals surface area (Å²) >= 11 is 0. The maximum atomic E-state index is 13.1. The molecule has 98 valence electrons. The SMILES string of the molecule is CCC(=O)N[C@]1(C(F)(F)F)C(=O)NC(C)=C1C#N. The van der Waals surface area contributed by atoms with Crippen LogP contribution in [0, 0.1) is 11.3 Å². The molecule has 0 aromatic carbocycles. The number of alkyl halides is 3. The Hall–Kier alpha value is -2.04. The highest BCUT2D eigenvalue weighted by Gasteiger charge is 2.67. The van der Waals surface area contributed by atoms with Crippen LogP contribution in [-0.2, 0) is 9.59 Å². The lowest BCUT2D eigenvalue weighted by atomic mass is 9.90. The van der Waals surface area contributed by atoms with Crippen molar-refractivity contribution in [2.45, 2.75) is 32.0 Å². The molecule has 1 aliphatic heterocycles. The van der Waals surface area contributed by atoms with Crippen molar-refractivity contribution in [3.8, 4) is 6.07 Å². The van der Waals surface area contributed by atoms with Gasteiger partial charge >= 0.3 is 6.18 Å². The molecule has 0 bridgehead atoms. The smallest absolute Gasteiger partial charge is 0.330 e. The summed E-state index contributed by atoms with van der Waals surface area (Å²) in [6, 6.07) is 1.33.